The van der Waals surface area contributed by atoms with E-state index in [4.69, 9.17) is 14.2 Å². The first-order valence-corrected chi connectivity index (χ1v) is 9.94. The lowest BCUT2D eigenvalue weighted by Crippen LogP contribution is -2.39. The molecule has 0 bridgehead atoms. The predicted molar refractivity (Wildman–Crippen MR) is 98.0 cm³/mol. The van der Waals surface area contributed by atoms with Crippen LogP contribution in [0.4, 0.5) is 0 Å². The topological polar surface area (TPSA) is 51.4 Å². The third-order valence-electron chi connectivity index (χ3n) is 6.83. The van der Waals surface area contributed by atoms with Crippen molar-refractivity contribution in [3.8, 4) is 0 Å². The summed E-state index contributed by atoms with van der Waals surface area (Å²) in [5.41, 5.74) is 1.38. The number of hydrogen-bond acceptors (Lipinski definition) is 5. The van der Waals surface area contributed by atoms with Crippen molar-refractivity contribution in [3.05, 3.63) is 47.6 Å². The summed E-state index contributed by atoms with van der Waals surface area (Å²) in [5, 5.41) is 4.45. The Labute approximate surface area is 154 Å². The second kappa shape index (κ2) is 6.46. The minimum absolute atomic E-state index is 0.0349. The average molecular weight is 353 g/mol. The minimum atomic E-state index is -0.0349. The van der Waals surface area contributed by atoms with Gasteiger partial charge in [0, 0.05) is 25.1 Å². The van der Waals surface area contributed by atoms with Gasteiger partial charge in [-0.25, -0.2) is 0 Å². The number of nitrogens with zero attached hydrogens (tertiary/aromatic N) is 3. The van der Waals surface area contributed by atoms with Crippen molar-refractivity contribution in [1.29, 1.82) is 0 Å². The van der Waals surface area contributed by atoms with Crippen LogP contribution in [0.5, 0.6) is 0 Å². The molecule has 1 aromatic carbocycles. The van der Waals surface area contributed by atoms with Gasteiger partial charge in [0.1, 0.15) is 0 Å². The van der Waals surface area contributed by atoms with E-state index < -0.39 is 0 Å². The predicted octanol–water partition coefficient (Wildman–Crippen LogP) is 3.83. The van der Waals surface area contributed by atoms with E-state index in [0.717, 1.165) is 31.0 Å². The van der Waals surface area contributed by atoms with Gasteiger partial charge < -0.3 is 9.26 Å². The molecule has 2 saturated heterocycles. The largest absolute Gasteiger partial charge is 0.384 e. The SMILES string of the molecule is COCC1(c2nc([C@@H]3C[C@H](c4ccccc4)N4CCC[C@@H]34)no2)CCC1. The number of fused-ring (bicyclic) bond motifs is 1. The zero-order chi connectivity index (χ0) is 17.6. The molecule has 2 aliphatic heterocycles. The van der Waals surface area contributed by atoms with Gasteiger partial charge in [0.25, 0.3) is 0 Å². The van der Waals surface area contributed by atoms with Crippen LogP contribution in [0.15, 0.2) is 34.9 Å². The number of benzene rings is 1. The van der Waals surface area contributed by atoms with Gasteiger partial charge >= 0.3 is 0 Å². The highest BCUT2D eigenvalue weighted by Gasteiger charge is 2.48. The molecule has 3 atom stereocenters. The molecule has 0 radical (unpaired) electrons. The van der Waals surface area contributed by atoms with Crippen molar-refractivity contribution in [2.45, 2.75) is 61.9 Å². The molecule has 3 fully saturated rings. The van der Waals surface area contributed by atoms with Crippen LogP contribution in [0, 0.1) is 0 Å². The smallest absolute Gasteiger partial charge is 0.235 e. The fourth-order valence-corrected chi connectivity index (χ4v) is 5.35. The summed E-state index contributed by atoms with van der Waals surface area (Å²) in [6.45, 7) is 1.86. The number of rotatable bonds is 5. The van der Waals surface area contributed by atoms with E-state index in [0.29, 0.717) is 24.6 Å². The quantitative estimate of drug-likeness (QED) is 0.818. The fraction of sp³-hybridized carbons (Fsp3) is 0.619. The lowest BCUT2D eigenvalue weighted by Gasteiger charge is -2.37. The molecule has 0 amide bonds. The van der Waals surface area contributed by atoms with Gasteiger partial charge in [-0.15, -0.1) is 0 Å². The first-order valence-electron chi connectivity index (χ1n) is 9.94. The zero-order valence-electron chi connectivity index (χ0n) is 15.4. The maximum atomic E-state index is 5.77. The summed E-state index contributed by atoms with van der Waals surface area (Å²) in [6, 6.07) is 11.9. The Balaban J connectivity index is 1.42. The van der Waals surface area contributed by atoms with E-state index in [1.807, 2.05) is 0 Å². The Hall–Kier alpha value is -1.72. The van der Waals surface area contributed by atoms with Crippen molar-refractivity contribution in [3.63, 3.8) is 0 Å². The molecule has 138 valence electrons. The summed E-state index contributed by atoms with van der Waals surface area (Å²) < 4.78 is 11.2. The molecule has 0 spiro atoms. The van der Waals surface area contributed by atoms with Crippen LogP contribution in [-0.4, -0.2) is 41.3 Å². The summed E-state index contributed by atoms with van der Waals surface area (Å²) in [7, 11) is 1.76. The number of hydrogen-bond donors (Lipinski definition) is 0. The maximum absolute atomic E-state index is 5.77. The van der Waals surface area contributed by atoms with Crippen LogP contribution in [0.25, 0.3) is 0 Å². The third-order valence-corrected chi connectivity index (χ3v) is 6.83. The normalized spacial score (nSPS) is 30.3. The number of methoxy groups -OCH3 is 1. The van der Waals surface area contributed by atoms with Crippen molar-refractivity contribution < 1.29 is 9.26 Å². The first kappa shape index (κ1) is 16.5. The molecule has 2 aromatic rings. The molecule has 5 nitrogen and oxygen atoms in total. The second-order valence-corrected chi connectivity index (χ2v) is 8.24. The minimum Gasteiger partial charge on any atom is -0.384 e. The Bertz CT molecular complexity index is 756. The van der Waals surface area contributed by atoms with E-state index in [1.54, 1.807) is 7.11 Å². The Morgan fingerprint density at radius 2 is 2.08 bits per heavy atom. The van der Waals surface area contributed by atoms with Crippen molar-refractivity contribution >= 4 is 0 Å². The molecule has 3 heterocycles. The Morgan fingerprint density at radius 3 is 2.81 bits per heavy atom. The summed E-state index contributed by atoms with van der Waals surface area (Å²) >= 11 is 0. The highest BCUT2D eigenvalue weighted by atomic mass is 16.5. The highest BCUT2D eigenvalue weighted by Crippen LogP contribution is 2.49. The Kier molecular flexibility index (Phi) is 4.09. The number of ether oxygens (including phenoxy) is 1. The molecule has 0 unspecified atom stereocenters. The van der Waals surface area contributed by atoms with Gasteiger partial charge in [0.15, 0.2) is 5.82 Å². The molecule has 5 heteroatoms. The summed E-state index contributed by atoms with van der Waals surface area (Å²) in [4.78, 5) is 7.58. The zero-order valence-corrected chi connectivity index (χ0v) is 15.4. The molecule has 1 saturated carbocycles. The fourth-order valence-electron chi connectivity index (χ4n) is 5.35. The molecular weight excluding hydrogens is 326 g/mol. The van der Waals surface area contributed by atoms with E-state index in [-0.39, 0.29) is 5.41 Å². The van der Waals surface area contributed by atoms with Crippen molar-refractivity contribution in [1.82, 2.24) is 15.0 Å². The van der Waals surface area contributed by atoms with Gasteiger partial charge in [-0.2, -0.15) is 4.98 Å². The lowest BCUT2D eigenvalue weighted by molar-refractivity contribution is 0.0552. The van der Waals surface area contributed by atoms with E-state index >= 15 is 0 Å². The van der Waals surface area contributed by atoms with Crippen molar-refractivity contribution in [2.75, 3.05) is 20.3 Å². The van der Waals surface area contributed by atoms with Gasteiger partial charge in [0.05, 0.1) is 12.0 Å². The van der Waals surface area contributed by atoms with Gasteiger partial charge in [-0.05, 0) is 44.2 Å². The monoisotopic (exact) mass is 353 g/mol. The van der Waals surface area contributed by atoms with Crippen LogP contribution in [-0.2, 0) is 10.2 Å². The third kappa shape index (κ3) is 2.52. The number of aromatic nitrogens is 2. The molecular formula is C21H27N3O2. The van der Waals surface area contributed by atoms with E-state index in [9.17, 15) is 0 Å². The maximum Gasteiger partial charge on any atom is 0.235 e. The van der Waals surface area contributed by atoms with Crippen LogP contribution < -0.4 is 0 Å². The standard InChI is InChI=1S/C21H27N3O2/c1-25-14-21(10-6-11-21)20-22-19(23-26-20)16-13-18(15-7-3-2-4-8-15)24-12-5-9-17(16)24/h2-4,7-8,16-18H,5-6,9-14H2,1H3/t16-,17+,18-/m1/s1. The molecule has 5 rings (SSSR count). The van der Waals surface area contributed by atoms with Crippen LogP contribution >= 0.6 is 0 Å². The first-order chi connectivity index (χ1) is 12.8. The van der Waals surface area contributed by atoms with E-state index in [2.05, 4.69) is 40.4 Å². The highest BCUT2D eigenvalue weighted by molar-refractivity contribution is 5.24. The van der Waals surface area contributed by atoms with Gasteiger partial charge in [-0.3, -0.25) is 4.90 Å². The molecule has 0 N–H and O–H groups in total. The average Bonchev–Trinajstić information content (AvgIpc) is 3.35. The van der Waals surface area contributed by atoms with Crippen LogP contribution in [0.1, 0.15) is 67.8 Å². The van der Waals surface area contributed by atoms with Gasteiger partial charge in [-0.1, -0.05) is 41.9 Å². The second-order valence-electron chi connectivity index (χ2n) is 8.24. The van der Waals surface area contributed by atoms with Crippen molar-refractivity contribution in [2.24, 2.45) is 0 Å². The lowest BCUT2D eigenvalue weighted by atomic mass is 9.69. The molecule has 26 heavy (non-hydrogen) atoms. The summed E-state index contributed by atoms with van der Waals surface area (Å²) in [6.07, 6.45) is 7.00. The Morgan fingerprint density at radius 1 is 1.23 bits per heavy atom. The molecule has 3 aliphatic rings. The van der Waals surface area contributed by atoms with Crippen LogP contribution in [0.2, 0.25) is 0 Å². The molecule has 1 aromatic heterocycles. The van der Waals surface area contributed by atoms with Crippen LogP contribution in [0.3, 0.4) is 0 Å². The molecule has 1 aliphatic carbocycles. The summed E-state index contributed by atoms with van der Waals surface area (Å²) in [5.74, 6) is 2.09. The van der Waals surface area contributed by atoms with Gasteiger partial charge in [0.2, 0.25) is 5.89 Å². The van der Waals surface area contributed by atoms with E-state index in [1.165, 1.54) is 31.4 Å².